The van der Waals surface area contributed by atoms with Gasteiger partial charge in [-0.25, -0.2) is 0 Å². The summed E-state index contributed by atoms with van der Waals surface area (Å²) in [7, 11) is 1.74. The van der Waals surface area contributed by atoms with Crippen LogP contribution in [0.15, 0.2) is 18.2 Å². The van der Waals surface area contributed by atoms with Crippen molar-refractivity contribution in [2.45, 2.75) is 52.5 Å². The Balaban J connectivity index is 2.75. The van der Waals surface area contributed by atoms with Gasteiger partial charge < -0.3 is 10.1 Å². The van der Waals surface area contributed by atoms with Crippen molar-refractivity contribution >= 4 is 0 Å². The fourth-order valence-corrected chi connectivity index (χ4v) is 1.93. The lowest BCUT2D eigenvalue weighted by molar-refractivity contribution is 0.402. The van der Waals surface area contributed by atoms with Gasteiger partial charge in [-0.3, -0.25) is 0 Å². The van der Waals surface area contributed by atoms with Gasteiger partial charge in [0.05, 0.1) is 7.11 Å². The fourth-order valence-electron chi connectivity index (χ4n) is 1.93. The molecule has 0 saturated carbocycles. The second-order valence-electron chi connectivity index (χ2n) is 6.15. The van der Waals surface area contributed by atoms with Crippen molar-refractivity contribution in [2.75, 3.05) is 13.7 Å². The van der Waals surface area contributed by atoms with Crippen molar-refractivity contribution in [1.82, 2.24) is 5.32 Å². The Morgan fingerprint density at radius 2 is 1.89 bits per heavy atom. The van der Waals surface area contributed by atoms with Crippen LogP contribution in [0.25, 0.3) is 0 Å². The van der Waals surface area contributed by atoms with Crippen LogP contribution in [-0.2, 0) is 6.42 Å². The smallest absolute Gasteiger partial charge is 0.122 e. The van der Waals surface area contributed by atoms with E-state index >= 15 is 0 Å². The van der Waals surface area contributed by atoms with Gasteiger partial charge in [-0.2, -0.15) is 0 Å². The molecule has 0 spiro atoms. The largest absolute Gasteiger partial charge is 0.496 e. The highest BCUT2D eigenvalue weighted by Gasteiger charge is 2.10. The summed E-state index contributed by atoms with van der Waals surface area (Å²) >= 11 is 0. The predicted octanol–water partition coefficient (Wildman–Crippen LogP) is 3.75. The number of hydrogen-bond donors (Lipinski definition) is 1. The summed E-state index contributed by atoms with van der Waals surface area (Å²) < 4.78 is 5.43. The number of rotatable bonds is 5. The Morgan fingerprint density at radius 3 is 2.39 bits per heavy atom. The maximum absolute atomic E-state index is 5.43. The minimum absolute atomic E-state index is 0.170. The zero-order valence-corrected chi connectivity index (χ0v) is 12.6. The molecule has 2 heteroatoms. The molecule has 0 heterocycles. The maximum atomic E-state index is 5.43. The van der Waals surface area contributed by atoms with Crippen LogP contribution in [0.2, 0.25) is 0 Å². The van der Waals surface area contributed by atoms with Crippen molar-refractivity contribution in [1.29, 1.82) is 0 Å². The zero-order chi connectivity index (χ0) is 13.8. The molecule has 1 aromatic carbocycles. The number of hydrogen-bond acceptors (Lipinski definition) is 2. The maximum Gasteiger partial charge on any atom is 0.122 e. The van der Waals surface area contributed by atoms with Gasteiger partial charge in [-0.15, -0.1) is 0 Å². The lowest BCUT2D eigenvalue weighted by Gasteiger charge is -2.21. The van der Waals surface area contributed by atoms with E-state index in [1.807, 2.05) is 0 Å². The molecule has 0 fully saturated rings. The van der Waals surface area contributed by atoms with Crippen LogP contribution < -0.4 is 10.1 Å². The number of benzene rings is 1. The Labute approximate surface area is 112 Å². The average Bonchev–Trinajstić information content (AvgIpc) is 2.27. The Morgan fingerprint density at radius 1 is 1.22 bits per heavy atom. The molecule has 0 atom stereocenters. The SMILES string of the molecule is COc1ccc(C(C)C)cc1CCNC(C)(C)C. The third-order valence-electron chi connectivity index (χ3n) is 3.02. The first-order chi connectivity index (χ1) is 8.33. The first-order valence-electron chi connectivity index (χ1n) is 6.75. The summed E-state index contributed by atoms with van der Waals surface area (Å²) in [5.74, 6) is 1.56. The second kappa shape index (κ2) is 6.24. The van der Waals surface area contributed by atoms with Crippen LogP contribution in [-0.4, -0.2) is 19.2 Å². The summed E-state index contributed by atoms with van der Waals surface area (Å²) in [6.07, 6.45) is 1.00. The molecule has 0 aliphatic carbocycles. The van der Waals surface area contributed by atoms with Crippen LogP contribution in [0.3, 0.4) is 0 Å². The summed E-state index contributed by atoms with van der Waals surface area (Å²) in [5.41, 5.74) is 2.84. The van der Waals surface area contributed by atoms with E-state index in [0.29, 0.717) is 5.92 Å². The van der Waals surface area contributed by atoms with Gasteiger partial charge in [0.2, 0.25) is 0 Å². The average molecular weight is 249 g/mol. The molecule has 0 bridgehead atoms. The summed E-state index contributed by atoms with van der Waals surface area (Å²) in [6, 6.07) is 6.51. The number of methoxy groups -OCH3 is 1. The Kier molecular flexibility index (Phi) is 5.21. The van der Waals surface area contributed by atoms with Gasteiger partial charge >= 0.3 is 0 Å². The molecule has 2 nitrogen and oxygen atoms in total. The highest BCUT2D eigenvalue weighted by molar-refractivity contribution is 5.38. The van der Waals surface area contributed by atoms with Crippen LogP contribution in [0.5, 0.6) is 5.75 Å². The standard InChI is InChI=1S/C16H27NO/c1-12(2)13-7-8-15(18-6)14(11-13)9-10-17-16(3,4)5/h7-8,11-12,17H,9-10H2,1-6H3. The molecule has 0 amide bonds. The summed E-state index contributed by atoms with van der Waals surface area (Å²) in [5, 5.41) is 3.51. The molecule has 0 aromatic heterocycles. The molecule has 1 aromatic rings. The summed E-state index contributed by atoms with van der Waals surface area (Å²) in [6.45, 7) is 12.0. The first kappa shape index (κ1) is 15.0. The van der Waals surface area contributed by atoms with Crippen molar-refractivity contribution in [3.63, 3.8) is 0 Å². The molecule has 0 radical (unpaired) electrons. The molecular weight excluding hydrogens is 222 g/mol. The molecular formula is C16H27NO. The third-order valence-corrected chi connectivity index (χ3v) is 3.02. The van der Waals surface area contributed by atoms with Gasteiger partial charge in [-0.05, 0) is 56.8 Å². The van der Waals surface area contributed by atoms with E-state index in [0.717, 1.165) is 18.7 Å². The predicted molar refractivity (Wildman–Crippen MR) is 78.5 cm³/mol. The lowest BCUT2D eigenvalue weighted by atomic mass is 9.98. The third kappa shape index (κ3) is 4.69. The van der Waals surface area contributed by atoms with E-state index in [1.54, 1.807) is 7.11 Å². The molecule has 0 unspecified atom stereocenters. The highest BCUT2D eigenvalue weighted by Crippen LogP contribution is 2.24. The minimum atomic E-state index is 0.170. The van der Waals surface area contributed by atoms with Crippen LogP contribution in [0, 0.1) is 0 Å². The normalized spacial score (nSPS) is 11.9. The molecule has 1 N–H and O–H groups in total. The van der Waals surface area contributed by atoms with E-state index in [1.165, 1.54) is 11.1 Å². The molecule has 0 aliphatic heterocycles. The topological polar surface area (TPSA) is 21.3 Å². The molecule has 102 valence electrons. The molecule has 0 saturated heterocycles. The zero-order valence-electron chi connectivity index (χ0n) is 12.6. The van der Waals surface area contributed by atoms with Crippen molar-refractivity contribution in [3.05, 3.63) is 29.3 Å². The van der Waals surface area contributed by atoms with E-state index < -0.39 is 0 Å². The van der Waals surface area contributed by atoms with E-state index in [2.05, 4.69) is 58.1 Å². The molecule has 1 rings (SSSR count). The van der Waals surface area contributed by atoms with Gasteiger partial charge in [-0.1, -0.05) is 26.0 Å². The quantitative estimate of drug-likeness (QED) is 0.858. The van der Waals surface area contributed by atoms with Gasteiger partial charge in [0, 0.05) is 5.54 Å². The molecule has 18 heavy (non-hydrogen) atoms. The van der Waals surface area contributed by atoms with Crippen molar-refractivity contribution < 1.29 is 4.74 Å². The van der Waals surface area contributed by atoms with Crippen molar-refractivity contribution in [2.24, 2.45) is 0 Å². The minimum Gasteiger partial charge on any atom is -0.496 e. The van der Waals surface area contributed by atoms with Gasteiger partial charge in [0.1, 0.15) is 5.75 Å². The first-order valence-corrected chi connectivity index (χ1v) is 6.75. The van der Waals surface area contributed by atoms with Crippen LogP contribution >= 0.6 is 0 Å². The van der Waals surface area contributed by atoms with Crippen LogP contribution in [0.1, 0.15) is 51.7 Å². The monoisotopic (exact) mass is 249 g/mol. The Bertz CT molecular complexity index is 377. The number of nitrogens with one attached hydrogen (secondary N) is 1. The lowest BCUT2D eigenvalue weighted by Crippen LogP contribution is -2.37. The fraction of sp³-hybridized carbons (Fsp3) is 0.625. The van der Waals surface area contributed by atoms with E-state index in [-0.39, 0.29) is 5.54 Å². The van der Waals surface area contributed by atoms with E-state index in [4.69, 9.17) is 4.74 Å². The Hall–Kier alpha value is -1.02. The van der Waals surface area contributed by atoms with Gasteiger partial charge in [0.25, 0.3) is 0 Å². The van der Waals surface area contributed by atoms with Crippen molar-refractivity contribution in [3.8, 4) is 5.75 Å². The number of ether oxygens (including phenoxy) is 1. The van der Waals surface area contributed by atoms with Gasteiger partial charge in [0.15, 0.2) is 0 Å². The molecule has 0 aliphatic rings. The highest BCUT2D eigenvalue weighted by atomic mass is 16.5. The summed E-state index contributed by atoms with van der Waals surface area (Å²) in [4.78, 5) is 0. The van der Waals surface area contributed by atoms with Crippen LogP contribution in [0.4, 0.5) is 0 Å². The van der Waals surface area contributed by atoms with E-state index in [9.17, 15) is 0 Å². The second-order valence-corrected chi connectivity index (χ2v) is 6.15.